The van der Waals surface area contributed by atoms with Crippen LogP contribution < -0.4 is 5.32 Å². The number of aryl methyl sites for hydroxylation is 1. The zero-order valence-electron chi connectivity index (χ0n) is 10.0. The van der Waals surface area contributed by atoms with E-state index in [2.05, 4.69) is 24.1 Å². The van der Waals surface area contributed by atoms with Crippen molar-refractivity contribution in [2.45, 2.75) is 44.7 Å². The molecule has 1 aromatic heterocycles. The second-order valence-electron chi connectivity index (χ2n) is 4.89. The Bertz CT molecular complexity index is 355. The minimum absolute atomic E-state index is 0.0400. The van der Waals surface area contributed by atoms with E-state index in [1.54, 1.807) is 0 Å². The number of aromatic nitrogens is 1. The first-order valence-electron chi connectivity index (χ1n) is 5.96. The van der Waals surface area contributed by atoms with E-state index >= 15 is 0 Å². The van der Waals surface area contributed by atoms with Crippen molar-refractivity contribution in [2.75, 3.05) is 6.61 Å². The number of hydrogen-bond donors (Lipinski definition) is 2. The summed E-state index contributed by atoms with van der Waals surface area (Å²) < 4.78 is 0. The first kappa shape index (κ1) is 11.6. The number of aliphatic hydroxyl groups excluding tert-OH is 1. The van der Waals surface area contributed by atoms with Crippen LogP contribution >= 0.6 is 0 Å². The zero-order chi connectivity index (χ0) is 11.6. The molecule has 1 heterocycles. The van der Waals surface area contributed by atoms with Crippen molar-refractivity contribution < 1.29 is 5.11 Å². The van der Waals surface area contributed by atoms with Crippen molar-refractivity contribution in [3.8, 4) is 0 Å². The summed E-state index contributed by atoms with van der Waals surface area (Å²) >= 11 is 0. The third-order valence-corrected chi connectivity index (χ3v) is 3.68. The second-order valence-corrected chi connectivity index (χ2v) is 4.89. The lowest BCUT2D eigenvalue weighted by atomic mass is 9.76. The van der Waals surface area contributed by atoms with E-state index in [-0.39, 0.29) is 18.2 Å². The van der Waals surface area contributed by atoms with Crippen LogP contribution in [0.25, 0.3) is 0 Å². The van der Waals surface area contributed by atoms with Gasteiger partial charge in [-0.15, -0.1) is 0 Å². The molecule has 1 aromatic rings. The van der Waals surface area contributed by atoms with Gasteiger partial charge in [-0.3, -0.25) is 4.98 Å². The van der Waals surface area contributed by atoms with Crippen LogP contribution in [0.15, 0.2) is 18.5 Å². The van der Waals surface area contributed by atoms with Crippen molar-refractivity contribution in [3.63, 3.8) is 0 Å². The summed E-state index contributed by atoms with van der Waals surface area (Å²) in [4.78, 5) is 4.16. The Morgan fingerprint density at radius 2 is 2.31 bits per heavy atom. The monoisotopic (exact) mass is 220 g/mol. The molecule has 1 aliphatic rings. The van der Waals surface area contributed by atoms with Crippen LogP contribution in [0.2, 0.25) is 0 Å². The molecule has 1 saturated carbocycles. The Labute approximate surface area is 96.9 Å². The number of hydrogen-bond acceptors (Lipinski definition) is 3. The molecule has 1 atom stereocenters. The van der Waals surface area contributed by atoms with Crippen LogP contribution in [0.4, 0.5) is 0 Å². The van der Waals surface area contributed by atoms with E-state index in [0.29, 0.717) is 0 Å². The van der Waals surface area contributed by atoms with Gasteiger partial charge in [0.05, 0.1) is 6.61 Å². The maximum atomic E-state index is 9.42. The second kappa shape index (κ2) is 4.52. The van der Waals surface area contributed by atoms with Gasteiger partial charge in [-0.25, -0.2) is 0 Å². The maximum absolute atomic E-state index is 9.42. The van der Waals surface area contributed by atoms with E-state index in [4.69, 9.17) is 0 Å². The third-order valence-electron chi connectivity index (χ3n) is 3.68. The molecule has 3 nitrogen and oxygen atoms in total. The van der Waals surface area contributed by atoms with Gasteiger partial charge < -0.3 is 10.4 Å². The molecule has 0 aromatic carbocycles. The van der Waals surface area contributed by atoms with Crippen molar-refractivity contribution >= 4 is 0 Å². The van der Waals surface area contributed by atoms with Crippen LogP contribution in [-0.4, -0.2) is 22.2 Å². The molecule has 0 amide bonds. The van der Waals surface area contributed by atoms with Gasteiger partial charge in [0.15, 0.2) is 0 Å². The minimum atomic E-state index is -0.0400. The standard InChI is InChI=1S/C13H20N2O/c1-10-4-7-14-8-12(10)11(2)15-13(9-16)5-3-6-13/h4,7-8,11,15-16H,3,5-6,9H2,1-2H3. The van der Waals surface area contributed by atoms with Crippen molar-refractivity contribution in [1.29, 1.82) is 0 Å². The fourth-order valence-electron chi connectivity index (χ4n) is 2.42. The van der Waals surface area contributed by atoms with Crippen LogP contribution in [-0.2, 0) is 0 Å². The Hall–Kier alpha value is -0.930. The molecule has 2 rings (SSSR count). The zero-order valence-corrected chi connectivity index (χ0v) is 10.0. The van der Waals surface area contributed by atoms with Gasteiger partial charge in [-0.1, -0.05) is 0 Å². The van der Waals surface area contributed by atoms with Gasteiger partial charge in [0.2, 0.25) is 0 Å². The fourth-order valence-corrected chi connectivity index (χ4v) is 2.42. The summed E-state index contributed by atoms with van der Waals surface area (Å²) in [5.74, 6) is 0. The molecule has 0 aliphatic heterocycles. The smallest absolute Gasteiger partial charge is 0.0613 e. The molecule has 1 unspecified atom stereocenters. The SMILES string of the molecule is Cc1ccncc1C(C)NC1(CO)CCC1. The number of nitrogens with one attached hydrogen (secondary N) is 1. The van der Waals surface area contributed by atoms with Crippen LogP contribution in [0, 0.1) is 6.92 Å². The van der Waals surface area contributed by atoms with Gasteiger partial charge >= 0.3 is 0 Å². The lowest BCUT2D eigenvalue weighted by Gasteiger charge is -2.43. The van der Waals surface area contributed by atoms with Crippen molar-refractivity contribution in [1.82, 2.24) is 10.3 Å². The quantitative estimate of drug-likeness (QED) is 0.815. The molecular formula is C13H20N2O. The van der Waals surface area contributed by atoms with Gasteiger partial charge in [0.25, 0.3) is 0 Å². The summed E-state index contributed by atoms with van der Waals surface area (Å²) in [6, 6.07) is 2.28. The summed E-state index contributed by atoms with van der Waals surface area (Å²) in [6.07, 6.45) is 7.10. The predicted octanol–water partition coefficient (Wildman–Crippen LogP) is 1.96. The molecule has 88 valence electrons. The summed E-state index contributed by atoms with van der Waals surface area (Å²) in [5.41, 5.74) is 2.44. The van der Waals surface area contributed by atoms with E-state index in [1.807, 2.05) is 18.5 Å². The van der Waals surface area contributed by atoms with E-state index in [0.717, 1.165) is 12.8 Å². The average Bonchev–Trinajstić information content (AvgIpc) is 2.24. The Balaban J connectivity index is 2.08. The molecule has 0 saturated heterocycles. The normalized spacial score (nSPS) is 20.2. The molecule has 0 bridgehead atoms. The molecule has 0 radical (unpaired) electrons. The van der Waals surface area contributed by atoms with Crippen LogP contribution in [0.5, 0.6) is 0 Å². The molecular weight excluding hydrogens is 200 g/mol. The highest BCUT2D eigenvalue weighted by atomic mass is 16.3. The predicted molar refractivity (Wildman–Crippen MR) is 64.2 cm³/mol. The number of nitrogens with zero attached hydrogens (tertiary/aromatic N) is 1. The van der Waals surface area contributed by atoms with Crippen LogP contribution in [0.3, 0.4) is 0 Å². The lowest BCUT2D eigenvalue weighted by molar-refractivity contribution is 0.0786. The van der Waals surface area contributed by atoms with E-state index in [1.165, 1.54) is 17.5 Å². The maximum Gasteiger partial charge on any atom is 0.0613 e. The lowest BCUT2D eigenvalue weighted by Crippen LogP contribution is -2.54. The van der Waals surface area contributed by atoms with Gasteiger partial charge in [0.1, 0.15) is 0 Å². The first-order chi connectivity index (χ1) is 7.67. The molecule has 0 spiro atoms. The molecule has 16 heavy (non-hydrogen) atoms. The molecule has 1 fully saturated rings. The van der Waals surface area contributed by atoms with Gasteiger partial charge in [-0.05, 0) is 50.3 Å². The number of pyridine rings is 1. The highest BCUT2D eigenvalue weighted by molar-refractivity contribution is 5.25. The van der Waals surface area contributed by atoms with Crippen molar-refractivity contribution in [3.05, 3.63) is 29.6 Å². The Kier molecular flexibility index (Phi) is 3.26. The molecule has 1 aliphatic carbocycles. The van der Waals surface area contributed by atoms with E-state index in [9.17, 15) is 5.11 Å². The highest BCUT2D eigenvalue weighted by Gasteiger charge is 2.37. The topological polar surface area (TPSA) is 45.2 Å². The summed E-state index contributed by atoms with van der Waals surface area (Å²) in [5, 5.41) is 13.0. The average molecular weight is 220 g/mol. The summed E-state index contributed by atoms with van der Waals surface area (Å²) in [6.45, 7) is 4.47. The van der Waals surface area contributed by atoms with Gasteiger partial charge in [0, 0.05) is 24.0 Å². The van der Waals surface area contributed by atoms with Gasteiger partial charge in [-0.2, -0.15) is 0 Å². The Morgan fingerprint density at radius 1 is 1.56 bits per heavy atom. The first-order valence-corrected chi connectivity index (χ1v) is 5.96. The molecule has 3 heteroatoms. The largest absolute Gasteiger partial charge is 0.394 e. The third kappa shape index (κ3) is 2.11. The molecule has 2 N–H and O–H groups in total. The Morgan fingerprint density at radius 3 is 2.81 bits per heavy atom. The van der Waals surface area contributed by atoms with Crippen molar-refractivity contribution in [2.24, 2.45) is 0 Å². The van der Waals surface area contributed by atoms with Crippen LogP contribution in [0.1, 0.15) is 43.4 Å². The minimum Gasteiger partial charge on any atom is -0.394 e. The van der Waals surface area contributed by atoms with E-state index < -0.39 is 0 Å². The highest BCUT2D eigenvalue weighted by Crippen LogP contribution is 2.34. The number of rotatable bonds is 4. The summed E-state index contributed by atoms with van der Waals surface area (Å²) in [7, 11) is 0. The number of aliphatic hydroxyl groups is 1. The fraction of sp³-hybridized carbons (Fsp3) is 0.615.